The molecule has 0 atom stereocenters. The Morgan fingerprint density at radius 3 is 2.81 bits per heavy atom. The summed E-state index contributed by atoms with van der Waals surface area (Å²) >= 11 is 3.37. The third-order valence-corrected chi connectivity index (χ3v) is 3.51. The maximum atomic E-state index is 8.77. The second-order valence-electron chi connectivity index (χ2n) is 4.45. The molecule has 3 rings (SSSR count). The van der Waals surface area contributed by atoms with Gasteiger partial charge in [0.2, 0.25) is 0 Å². The average Bonchev–Trinajstić information content (AvgIpc) is 2.86. The monoisotopic (exact) mass is 345 g/mol. The number of hydrogen-bond acceptors (Lipinski definition) is 4. The van der Waals surface area contributed by atoms with Gasteiger partial charge in [0.15, 0.2) is 0 Å². The van der Waals surface area contributed by atoms with E-state index in [4.69, 9.17) is 10.9 Å². The molecule has 0 fully saturated rings. The van der Waals surface area contributed by atoms with Crippen molar-refractivity contribution in [1.29, 1.82) is 0 Å². The Morgan fingerprint density at radius 2 is 2.10 bits per heavy atom. The lowest BCUT2D eigenvalue weighted by Gasteiger charge is -2.08. The standard InChI is InChI=1S/C14H12BrN5O/c15-9-5-6-13(17-8-9)20-11-4-2-1-3-10(11)18-14(20)7-12(16)19-21/h1-6,8,21H,7H2,(H2,16,19). The van der Waals surface area contributed by atoms with Crippen molar-refractivity contribution in [2.75, 3.05) is 0 Å². The smallest absolute Gasteiger partial charge is 0.146 e. The number of oxime groups is 1. The summed E-state index contributed by atoms with van der Waals surface area (Å²) in [5.74, 6) is 1.50. The first-order chi connectivity index (χ1) is 10.2. The van der Waals surface area contributed by atoms with Crippen molar-refractivity contribution in [3.05, 3.63) is 52.9 Å². The molecule has 0 amide bonds. The van der Waals surface area contributed by atoms with Gasteiger partial charge in [-0.05, 0) is 40.2 Å². The van der Waals surface area contributed by atoms with Crippen LogP contribution in [0.5, 0.6) is 0 Å². The first-order valence-electron chi connectivity index (χ1n) is 6.23. The van der Waals surface area contributed by atoms with E-state index in [2.05, 4.69) is 31.1 Å². The lowest BCUT2D eigenvalue weighted by atomic mass is 10.3. The summed E-state index contributed by atoms with van der Waals surface area (Å²) in [7, 11) is 0. The molecule has 0 aliphatic heterocycles. The van der Waals surface area contributed by atoms with Crippen LogP contribution in [0.4, 0.5) is 0 Å². The predicted molar refractivity (Wildman–Crippen MR) is 83.7 cm³/mol. The Morgan fingerprint density at radius 1 is 1.29 bits per heavy atom. The van der Waals surface area contributed by atoms with Crippen molar-refractivity contribution < 1.29 is 5.21 Å². The highest BCUT2D eigenvalue weighted by Gasteiger charge is 2.14. The summed E-state index contributed by atoms with van der Waals surface area (Å²) in [6, 6.07) is 11.5. The molecule has 0 unspecified atom stereocenters. The molecule has 21 heavy (non-hydrogen) atoms. The molecule has 2 heterocycles. The molecule has 0 aliphatic rings. The van der Waals surface area contributed by atoms with E-state index in [0.717, 1.165) is 21.3 Å². The normalized spacial score (nSPS) is 12.0. The quantitative estimate of drug-likeness (QED) is 0.330. The maximum Gasteiger partial charge on any atom is 0.146 e. The Bertz CT molecular complexity index is 810. The minimum absolute atomic E-state index is 0.101. The molecule has 3 aromatic rings. The Kier molecular flexibility index (Phi) is 3.57. The molecule has 106 valence electrons. The summed E-state index contributed by atoms with van der Waals surface area (Å²) < 4.78 is 2.80. The molecule has 6 nitrogen and oxygen atoms in total. The number of benzene rings is 1. The van der Waals surface area contributed by atoms with Crippen molar-refractivity contribution in [2.24, 2.45) is 10.9 Å². The summed E-state index contributed by atoms with van der Waals surface area (Å²) in [5.41, 5.74) is 7.38. The zero-order chi connectivity index (χ0) is 14.8. The Labute approximate surface area is 129 Å². The molecule has 7 heteroatoms. The Hall–Kier alpha value is -2.41. The number of fused-ring (bicyclic) bond motifs is 1. The van der Waals surface area contributed by atoms with Gasteiger partial charge in [-0.15, -0.1) is 0 Å². The van der Waals surface area contributed by atoms with Gasteiger partial charge in [-0.3, -0.25) is 4.57 Å². The minimum Gasteiger partial charge on any atom is -0.409 e. The predicted octanol–water partition coefficient (Wildman–Crippen LogP) is 2.47. The number of nitrogens with zero attached hydrogens (tertiary/aromatic N) is 4. The zero-order valence-corrected chi connectivity index (χ0v) is 12.5. The van der Waals surface area contributed by atoms with Crippen LogP contribution in [0.1, 0.15) is 5.82 Å². The highest BCUT2D eigenvalue weighted by atomic mass is 79.9. The van der Waals surface area contributed by atoms with Crippen LogP contribution in [-0.2, 0) is 6.42 Å². The van der Waals surface area contributed by atoms with Gasteiger partial charge in [0.05, 0.1) is 17.5 Å². The van der Waals surface area contributed by atoms with Gasteiger partial charge in [-0.2, -0.15) is 0 Å². The molecular weight excluding hydrogens is 334 g/mol. The van der Waals surface area contributed by atoms with E-state index in [1.165, 1.54) is 0 Å². The van der Waals surface area contributed by atoms with Crippen LogP contribution in [0, 0.1) is 0 Å². The zero-order valence-electron chi connectivity index (χ0n) is 10.9. The van der Waals surface area contributed by atoms with E-state index in [1.807, 2.05) is 41.0 Å². The van der Waals surface area contributed by atoms with E-state index in [9.17, 15) is 0 Å². The molecule has 3 N–H and O–H groups in total. The molecule has 0 saturated heterocycles. The Balaban J connectivity index is 2.22. The van der Waals surface area contributed by atoms with Gasteiger partial charge in [0.1, 0.15) is 17.5 Å². The summed E-state index contributed by atoms with van der Waals surface area (Å²) in [5, 5.41) is 11.8. The van der Waals surface area contributed by atoms with Crippen molar-refractivity contribution in [1.82, 2.24) is 14.5 Å². The van der Waals surface area contributed by atoms with Crippen LogP contribution in [0.15, 0.2) is 52.2 Å². The SMILES string of the molecule is NC(Cc1nc2ccccc2n1-c1ccc(Br)cn1)=NO. The fraction of sp³-hybridized carbons (Fsp3) is 0.0714. The molecule has 0 aliphatic carbocycles. The van der Waals surface area contributed by atoms with E-state index < -0.39 is 0 Å². The van der Waals surface area contributed by atoms with Crippen molar-refractivity contribution >= 4 is 32.8 Å². The number of hydrogen-bond donors (Lipinski definition) is 2. The van der Waals surface area contributed by atoms with E-state index in [1.54, 1.807) is 6.20 Å². The van der Waals surface area contributed by atoms with Crippen LogP contribution in [-0.4, -0.2) is 25.6 Å². The van der Waals surface area contributed by atoms with E-state index in [0.29, 0.717) is 5.82 Å². The van der Waals surface area contributed by atoms with Gasteiger partial charge in [0, 0.05) is 10.7 Å². The number of imidazole rings is 1. The molecule has 0 saturated carbocycles. The highest BCUT2D eigenvalue weighted by Crippen LogP contribution is 2.21. The van der Waals surface area contributed by atoms with Crippen molar-refractivity contribution in [3.8, 4) is 5.82 Å². The summed E-state index contributed by atoms with van der Waals surface area (Å²) in [4.78, 5) is 8.94. The van der Waals surface area contributed by atoms with Crippen LogP contribution >= 0.6 is 15.9 Å². The minimum atomic E-state index is 0.101. The lowest BCUT2D eigenvalue weighted by Crippen LogP contribution is -2.18. The van der Waals surface area contributed by atoms with Crippen LogP contribution in [0.2, 0.25) is 0 Å². The van der Waals surface area contributed by atoms with Crippen molar-refractivity contribution in [3.63, 3.8) is 0 Å². The number of amidine groups is 1. The first-order valence-corrected chi connectivity index (χ1v) is 7.03. The molecule has 0 radical (unpaired) electrons. The maximum absolute atomic E-state index is 8.77. The third-order valence-electron chi connectivity index (χ3n) is 3.04. The van der Waals surface area contributed by atoms with Gasteiger partial charge in [0.25, 0.3) is 0 Å². The van der Waals surface area contributed by atoms with Crippen LogP contribution in [0.3, 0.4) is 0 Å². The highest BCUT2D eigenvalue weighted by molar-refractivity contribution is 9.10. The van der Waals surface area contributed by atoms with Gasteiger partial charge >= 0.3 is 0 Å². The molecule has 1 aromatic carbocycles. The van der Waals surface area contributed by atoms with Gasteiger partial charge in [-0.1, -0.05) is 17.3 Å². The molecule has 0 spiro atoms. The summed E-state index contributed by atoms with van der Waals surface area (Å²) in [6.45, 7) is 0. The fourth-order valence-electron chi connectivity index (χ4n) is 2.15. The largest absolute Gasteiger partial charge is 0.409 e. The number of halogens is 1. The molecule has 0 bridgehead atoms. The number of rotatable bonds is 3. The average molecular weight is 346 g/mol. The number of pyridine rings is 1. The van der Waals surface area contributed by atoms with Gasteiger partial charge < -0.3 is 10.9 Å². The lowest BCUT2D eigenvalue weighted by molar-refractivity contribution is 0.317. The summed E-state index contributed by atoms with van der Waals surface area (Å²) in [6.07, 6.45) is 1.96. The topological polar surface area (TPSA) is 89.3 Å². The second kappa shape index (κ2) is 5.53. The fourth-order valence-corrected chi connectivity index (χ4v) is 2.38. The first kappa shape index (κ1) is 13.6. The molecule has 2 aromatic heterocycles. The number of para-hydroxylation sites is 2. The third kappa shape index (κ3) is 2.59. The van der Waals surface area contributed by atoms with Crippen molar-refractivity contribution in [2.45, 2.75) is 6.42 Å². The number of aromatic nitrogens is 3. The molecular formula is C14H12BrN5O. The van der Waals surface area contributed by atoms with Gasteiger partial charge in [-0.25, -0.2) is 9.97 Å². The number of nitrogens with two attached hydrogens (primary N) is 1. The van der Waals surface area contributed by atoms with Crippen LogP contribution in [0.25, 0.3) is 16.9 Å². The van der Waals surface area contributed by atoms with E-state index >= 15 is 0 Å². The second-order valence-corrected chi connectivity index (χ2v) is 5.37. The van der Waals surface area contributed by atoms with Crippen LogP contribution < -0.4 is 5.73 Å². The van der Waals surface area contributed by atoms with E-state index in [-0.39, 0.29) is 12.3 Å².